The summed E-state index contributed by atoms with van der Waals surface area (Å²) in [5.41, 5.74) is 10.1. The van der Waals surface area contributed by atoms with Crippen molar-refractivity contribution >= 4 is 33.2 Å². The Labute approximate surface area is 193 Å². The molecule has 2 heterocycles. The number of para-hydroxylation sites is 3. The summed E-state index contributed by atoms with van der Waals surface area (Å²) in [6, 6.07) is 43.8. The molecule has 0 aliphatic carbocycles. The lowest BCUT2D eigenvalue weighted by Gasteiger charge is -2.33. The first-order valence-corrected chi connectivity index (χ1v) is 11.4. The maximum absolute atomic E-state index is 2.44. The van der Waals surface area contributed by atoms with E-state index in [0.717, 1.165) is 6.54 Å². The van der Waals surface area contributed by atoms with Crippen molar-refractivity contribution < 1.29 is 0 Å². The fraction of sp³-hybridized carbons (Fsp3) is 0.0323. The van der Waals surface area contributed by atoms with E-state index in [1.165, 1.54) is 55.6 Å². The van der Waals surface area contributed by atoms with Gasteiger partial charge in [-0.05, 0) is 47.5 Å². The molecule has 156 valence electrons. The molecular weight excluding hydrogens is 400 g/mol. The molecule has 6 aromatic rings. The quantitative estimate of drug-likeness (QED) is 0.274. The summed E-state index contributed by atoms with van der Waals surface area (Å²) in [4.78, 5) is 2.44. The van der Waals surface area contributed by atoms with Crippen LogP contribution in [0.4, 0.5) is 11.4 Å². The van der Waals surface area contributed by atoms with E-state index in [1.54, 1.807) is 0 Å². The highest BCUT2D eigenvalue weighted by Gasteiger charge is 2.23. The lowest BCUT2D eigenvalue weighted by Crippen LogP contribution is -2.21. The minimum Gasteiger partial charge on any atom is -0.336 e. The van der Waals surface area contributed by atoms with Crippen LogP contribution in [-0.2, 0) is 6.54 Å². The number of benzene rings is 5. The third kappa shape index (κ3) is 2.74. The fourth-order valence-corrected chi connectivity index (χ4v) is 5.34. The van der Waals surface area contributed by atoms with Gasteiger partial charge in [-0.25, -0.2) is 0 Å². The smallest absolute Gasteiger partial charge is 0.0541 e. The van der Waals surface area contributed by atoms with Crippen LogP contribution in [0.15, 0.2) is 121 Å². The molecule has 0 spiro atoms. The largest absolute Gasteiger partial charge is 0.336 e. The first kappa shape index (κ1) is 18.3. The van der Waals surface area contributed by atoms with Crippen LogP contribution in [0.1, 0.15) is 5.56 Å². The molecule has 0 saturated heterocycles. The zero-order chi connectivity index (χ0) is 21.8. The van der Waals surface area contributed by atoms with Crippen LogP contribution >= 0.6 is 0 Å². The van der Waals surface area contributed by atoms with Crippen LogP contribution in [0.3, 0.4) is 0 Å². The molecule has 0 amide bonds. The second kappa shape index (κ2) is 7.11. The van der Waals surface area contributed by atoms with Crippen molar-refractivity contribution in [3.05, 3.63) is 127 Å². The molecule has 0 atom stereocenters. The molecule has 7 rings (SSSR count). The van der Waals surface area contributed by atoms with Gasteiger partial charge in [0.1, 0.15) is 0 Å². The monoisotopic (exact) mass is 422 g/mol. The summed E-state index contributed by atoms with van der Waals surface area (Å²) in [5, 5.41) is 2.58. The minimum absolute atomic E-state index is 0.865. The number of hydrogen-bond acceptors (Lipinski definition) is 1. The summed E-state index contributed by atoms with van der Waals surface area (Å²) < 4.78 is 2.39. The van der Waals surface area contributed by atoms with E-state index in [2.05, 4.69) is 131 Å². The number of aromatic nitrogens is 1. The fourth-order valence-electron chi connectivity index (χ4n) is 5.34. The Hall–Kier alpha value is -4.30. The third-order valence-corrected chi connectivity index (χ3v) is 6.81. The Morgan fingerprint density at radius 2 is 1.09 bits per heavy atom. The van der Waals surface area contributed by atoms with E-state index < -0.39 is 0 Å². The molecule has 0 unspecified atom stereocenters. The van der Waals surface area contributed by atoms with Gasteiger partial charge in [0.2, 0.25) is 0 Å². The topological polar surface area (TPSA) is 8.17 Å². The van der Waals surface area contributed by atoms with E-state index in [-0.39, 0.29) is 0 Å². The van der Waals surface area contributed by atoms with Gasteiger partial charge in [0.05, 0.1) is 11.0 Å². The highest BCUT2D eigenvalue weighted by molar-refractivity contribution is 6.09. The van der Waals surface area contributed by atoms with Gasteiger partial charge in [-0.15, -0.1) is 0 Å². The van der Waals surface area contributed by atoms with Crippen molar-refractivity contribution in [3.8, 4) is 16.8 Å². The molecule has 0 bridgehead atoms. The highest BCUT2D eigenvalue weighted by Crippen LogP contribution is 2.43. The lowest BCUT2D eigenvalue weighted by molar-refractivity contribution is 0.959. The van der Waals surface area contributed by atoms with Gasteiger partial charge in [-0.1, -0.05) is 84.9 Å². The van der Waals surface area contributed by atoms with Crippen LogP contribution in [-0.4, -0.2) is 4.57 Å². The minimum atomic E-state index is 0.865. The summed E-state index contributed by atoms with van der Waals surface area (Å²) in [7, 11) is 0. The van der Waals surface area contributed by atoms with Crippen molar-refractivity contribution in [1.29, 1.82) is 0 Å². The van der Waals surface area contributed by atoms with Gasteiger partial charge < -0.3 is 9.47 Å². The standard InChI is InChI=1S/C31H22N2/c1-2-13-25-22(10-1)21-32(29-17-6-3-14-26(25)29)23-11-9-12-24(20-23)33-30-18-7-4-15-27(30)28-16-5-8-19-31(28)33/h1-20H,21H2. The molecule has 2 nitrogen and oxygen atoms in total. The molecule has 1 aliphatic rings. The maximum Gasteiger partial charge on any atom is 0.0541 e. The second-order valence-corrected chi connectivity index (χ2v) is 8.65. The van der Waals surface area contributed by atoms with Crippen LogP contribution in [0.25, 0.3) is 38.6 Å². The normalized spacial score (nSPS) is 12.7. The Balaban J connectivity index is 1.43. The van der Waals surface area contributed by atoms with Gasteiger partial charge >= 0.3 is 0 Å². The molecule has 0 radical (unpaired) electrons. The highest BCUT2D eigenvalue weighted by atomic mass is 15.1. The van der Waals surface area contributed by atoms with Gasteiger partial charge in [-0.2, -0.15) is 0 Å². The predicted molar refractivity (Wildman–Crippen MR) is 139 cm³/mol. The molecule has 2 heteroatoms. The number of rotatable bonds is 2. The SMILES string of the molecule is c1cc(N2Cc3ccccc3-c3ccccc32)cc(-n2c3ccccc3c3ccccc32)c1. The van der Waals surface area contributed by atoms with E-state index in [0.29, 0.717) is 0 Å². The van der Waals surface area contributed by atoms with Gasteiger partial charge in [0.25, 0.3) is 0 Å². The van der Waals surface area contributed by atoms with Crippen LogP contribution in [0.5, 0.6) is 0 Å². The molecule has 0 saturated carbocycles. The number of anilines is 2. The Bertz CT molecular complexity index is 1600. The van der Waals surface area contributed by atoms with E-state index in [4.69, 9.17) is 0 Å². The summed E-state index contributed by atoms with van der Waals surface area (Å²) in [6.45, 7) is 0.865. The molecule has 0 N–H and O–H groups in total. The van der Waals surface area contributed by atoms with Crippen molar-refractivity contribution in [2.45, 2.75) is 6.54 Å². The lowest BCUT2D eigenvalue weighted by atomic mass is 9.93. The molecule has 5 aromatic carbocycles. The van der Waals surface area contributed by atoms with Gasteiger partial charge in [0, 0.05) is 39.9 Å². The van der Waals surface area contributed by atoms with E-state index in [9.17, 15) is 0 Å². The Kier molecular flexibility index (Phi) is 3.94. The number of nitrogens with zero attached hydrogens (tertiary/aromatic N) is 2. The van der Waals surface area contributed by atoms with Gasteiger partial charge in [0.15, 0.2) is 0 Å². The van der Waals surface area contributed by atoms with Crippen LogP contribution < -0.4 is 4.90 Å². The Morgan fingerprint density at radius 1 is 0.485 bits per heavy atom. The summed E-state index contributed by atoms with van der Waals surface area (Å²) in [6.07, 6.45) is 0. The van der Waals surface area contributed by atoms with Crippen molar-refractivity contribution in [2.24, 2.45) is 0 Å². The molecule has 33 heavy (non-hydrogen) atoms. The van der Waals surface area contributed by atoms with Crippen molar-refractivity contribution in [2.75, 3.05) is 4.90 Å². The van der Waals surface area contributed by atoms with Crippen LogP contribution in [0.2, 0.25) is 0 Å². The predicted octanol–water partition coefficient (Wildman–Crippen LogP) is 8.10. The van der Waals surface area contributed by atoms with E-state index >= 15 is 0 Å². The number of hydrogen-bond donors (Lipinski definition) is 0. The van der Waals surface area contributed by atoms with E-state index in [1.807, 2.05) is 0 Å². The van der Waals surface area contributed by atoms with Crippen molar-refractivity contribution in [3.63, 3.8) is 0 Å². The first-order chi connectivity index (χ1) is 16.4. The van der Waals surface area contributed by atoms with Gasteiger partial charge in [-0.3, -0.25) is 0 Å². The van der Waals surface area contributed by atoms with Crippen LogP contribution in [0, 0.1) is 0 Å². The van der Waals surface area contributed by atoms with Crippen molar-refractivity contribution in [1.82, 2.24) is 4.57 Å². The molecule has 1 aromatic heterocycles. The number of fused-ring (bicyclic) bond motifs is 6. The second-order valence-electron chi connectivity index (χ2n) is 8.65. The average molecular weight is 423 g/mol. The molecular formula is C31H22N2. The maximum atomic E-state index is 2.44. The molecule has 0 fully saturated rings. The average Bonchev–Trinajstić information content (AvgIpc) is 3.23. The molecule has 1 aliphatic heterocycles. The summed E-state index contributed by atoms with van der Waals surface area (Å²) in [5.74, 6) is 0. The summed E-state index contributed by atoms with van der Waals surface area (Å²) >= 11 is 0. The zero-order valence-corrected chi connectivity index (χ0v) is 18.1. The Morgan fingerprint density at radius 3 is 1.88 bits per heavy atom. The third-order valence-electron chi connectivity index (χ3n) is 6.81. The zero-order valence-electron chi connectivity index (χ0n) is 18.1. The first-order valence-electron chi connectivity index (χ1n) is 11.4.